The molecule has 3 rings (SSSR count). The fraction of sp³-hybridized carbons (Fsp3) is 0.250. The van der Waals surface area contributed by atoms with Crippen LogP contribution in [0.1, 0.15) is 42.0 Å². The molecule has 0 saturated heterocycles. The molecule has 2 nitrogen and oxygen atoms in total. The first-order chi connectivity index (χ1) is 13.2. The van der Waals surface area contributed by atoms with Crippen LogP contribution in [0.3, 0.4) is 0 Å². The van der Waals surface area contributed by atoms with E-state index in [-0.39, 0.29) is 11.7 Å². The Balaban J connectivity index is 1.72. The molecule has 0 aromatic heterocycles. The minimum Gasteiger partial charge on any atom is -0.497 e. The largest absolute Gasteiger partial charge is 0.497 e. The van der Waals surface area contributed by atoms with Crippen LogP contribution in [0, 0.1) is 5.82 Å². The molecule has 0 aliphatic carbocycles. The van der Waals surface area contributed by atoms with Gasteiger partial charge >= 0.3 is 0 Å². The number of hydrogen-bond acceptors (Lipinski definition) is 1. The van der Waals surface area contributed by atoms with Crippen LogP contribution in [0.4, 0.5) is 4.39 Å². The van der Waals surface area contributed by atoms with Crippen molar-refractivity contribution in [2.75, 3.05) is 13.7 Å². The summed E-state index contributed by atoms with van der Waals surface area (Å²) in [4.78, 5) is 0. The first kappa shape index (κ1) is 19.1. The highest BCUT2D eigenvalue weighted by atomic mass is 19.1. The van der Waals surface area contributed by atoms with Gasteiger partial charge in [0.15, 0.2) is 0 Å². The van der Waals surface area contributed by atoms with Gasteiger partial charge in [0.25, 0.3) is 0 Å². The minimum absolute atomic E-state index is 0.198. The van der Waals surface area contributed by atoms with E-state index >= 15 is 0 Å². The lowest BCUT2D eigenvalue weighted by Gasteiger charge is -2.19. The van der Waals surface area contributed by atoms with Crippen molar-refractivity contribution >= 4 is 0 Å². The van der Waals surface area contributed by atoms with Crippen molar-refractivity contribution in [3.63, 3.8) is 0 Å². The van der Waals surface area contributed by atoms with Gasteiger partial charge in [0.05, 0.1) is 13.7 Å². The highest BCUT2D eigenvalue weighted by molar-refractivity contribution is 5.36. The van der Waals surface area contributed by atoms with E-state index in [4.69, 9.17) is 4.74 Å². The van der Waals surface area contributed by atoms with E-state index in [0.717, 1.165) is 24.3 Å². The molecule has 0 fully saturated rings. The van der Waals surface area contributed by atoms with Crippen LogP contribution < -0.4 is 10.1 Å². The summed E-state index contributed by atoms with van der Waals surface area (Å²) < 4.78 is 18.7. The van der Waals surface area contributed by atoms with Gasteiger partial charge in [-0.05, 0) is 42.3 Å². The molecule has 0 unspecified atom stereocenters. The number of quaternary nitrogens is 1. The zero-order valence-corrected chi connectivity index (χ0v) is 15.9. The number of nitrogens with two attached hydrogens (primary N) is 1. The maximum Gasteiger partial charge on any atom is 0.123 e. The van der Waals surface area contributed by atoms with Gasteiger partial charge < -0.3 is 10.1 Å². The molecule has 0 bridgehead atoms. The molecule has 3 aromatic rings. The third-order valence-corrected chi connectivity index (χ3v) is 5.09. The summed E-state index contributed by atoms with van der Waals surface area (Å²) in [6, 6.07) is 26.0. The normalized spacial score (nSPS) is 13.1. The lowest BCUT2D eigenvalue weighted by molar-refractivity contribution is -0.693. The first-order valence-electron chi connectivity index (χ1n) is 9.45. The predicted molar refractivity (Wildman–Crippen MR) is 108 cm³/mol. The molecule has 0 aliphatic heterocycles. The summed E-state index contributed by atoms with van der Waals surface area (Å²) in [6.45, 7) is 3.22. The Labute approximate surface area is 161 Å². The summed E-state index contributed by atoms with van der Waals surface area (Å²) in [7, 11) is 1.67. The molecule has 27 heavy (non-hydrogen) atoms. The Morgan fingerprint density at radius 1 is 0.815 bits per heavy atom. The molecule has 0 aliphatic rings. The predicted octanol–water partition coefficient (Wildman–Crippen LogP) is 4.68. The van der Waals surface area contributed by atoms with Crippen LogP contribution in [0.25, 0.3) is 0 Å². The Morgan fingerprint density at radius 3 is 2.00 bits per heavy atom. The smallest absolute Gasteiger partial charge is 0.123 e. The molecule has 0 spiro atoms. The average molecular weight is 364 g/mol. The van der Waals surface area contributed by atoms with Crippen molar-refractivity contribution < 1.29 is 14.4 Å². The van der Waals surface area contributed by atoms with Crippen molar-refractivity contribution in [2.24, 2.45) is 0 Å². The monoisotopic (exact) mass is 364 g/mol. The first-order valence-corrected chi connectivity index (χ1v) is 9.45. The van der Waals surface area contributed by atoms with Gasteiger partial charge in [-0.2, -0.15) is 0 Å². The molecule has 0 amide bonds. The van der Waals surface area contributed by atoms with Gasteiger partial charge in [-0.15, -0.1) is 0 Å². The van der Waals surface area contributed by atoms with Gasteiger partial charge in [0.1, 0.15) is 17.6 Å². The highest BCUT2D eigenvalue weighted by Gasteiger charge is 2.17. The number of hydrogen-bond donors (Lipinski definition) is 1. The Morgan fingerprint density at radius 2 is 1.41 bits per heavy atom. The SMILES string of the molecule is COc1ccc([C@@H](CC[NH2+][C@@H](C)c2ccccc2)c2ccc(F)cc2)cc1. The van der Waals surface area contributed by atoms with Crippen LogP contribution in [0.5, 0.6) is 5.75 Å². The zero-order chi connectivity index (χ0) is 19.1. The fourth-order valence-electron chi connectivity index (χ4n) is 3.46. The van der Waals surface area contributed by atoms with Gasteiger partial charge in [-0.3, -0.25) is 0 Å². The fourth-order valence-corrected chi connectivity index (χ4v) is 3.46. The molecule has 0 saturated carbocycles. The molecule has 2 N–H and O–H groups in total. The minimum atomic E-state index is -0.198. The van der Waals surface area contributed by atoms with Gasteiger partial charge in [-0.1, -0.05) is 54.6 Å². The van der Waals surface area contributed by atoms with Crippen molar-refractivity contribution in [2.45, 2.75) is 25.3 Å². The second kappa shape index (κ2) is 9.33. The maximum absolute atomic E-state index is 13.4. The number of benzene rings is 3. The van der Waals surface area contributed by atoms with E-state index in [1.165, 1.54) is 11.1 Å². The third kappa shape index (κ3) is 5.18. The molecule has 140 valence electrons. The van der Waals surface area contributed by atoms with Crippen LogP contribution in [0.15, 0.2) is 78.9 Å². The molecule has 0 radical (unpaired) electrons. The lowest BCUT2D eigenvalue weighted by atomic mass is 9.88. The van der Waals surface area contributed by atoms with Crippen LogP contribution in [-0.2, 0) is 0 Å². The van der Waals surface area contributed by atoms with Crippen LogP contribution in [0.2, 0.25) is 0 Å². The van der Waals surface area contributed by atoms with E-state index in [1.54, 1.807) is 19.2 Å². The van der Waals surface area contributed by atoms with Gasteiger partial charge in [-0.25, -0.2) is 4.39 Å². The van der Waals surface area contributed by atoms with E-state index < -0.39 is 0 Å². The summed E-state index contributed by atoms with van der Waals surface area (Å²) in [5, 5.41) is 2.37. The summed E-state index contributed by atoms with van der Waals surface area (Å²) in [5.41, 5.74) is 3.70. The van der Waals surface area contributed by atoms with Crippen molar-refractivity contribution in [3.05, 3.63) is 101 Å². The highest BCUT2D eigenvalue weighted by Crippen LogP contribution is 2.29. The Hall–Kier alpha value is -2.65. The Bertz CT molecular complexity index is 815. The quantitative estimate of drug-likeness (QED) is 0.617. The second-order valence-electron chi connectivity index (χ2n) is 6.89. The maximum atomic E-state index is 13.4. The van der Waals surface area contributed by atoms with E-state index in [9.17, 15) is 4.39 Å². The van der Waals surface area contributed by atoms with Crippen LogP contribution in [-0.4, -0.2) is 13.7 Å². The summed E-state index contributed by atoms with van der Waals surface area (Å²) >= 11 is 0. The molecule has 0 heterocycles. The Kier molecular flexibility index (Phi) is 6.61. The van der Waals surface area contributed by atoms with E-state index in [0.29, 0.717) is 6.04 Å². The molecule has 3 heteroatoms. The van der Waals surface area contributed by atoms with Crippen molar-refractivity contribution in [1.29, 1.82) is 0 Å². The van der Waals surface area contributed by atoms with Crippen molar-refractivity contribution in [3.8, 4) is 5.75 Å². The number of rotatable bonds is 8. The summed E-state index contributed by atoms with van der Waals surface area (Å²) in [6.07, 6.45) is 0.981. The van der Waals surface area contributed by atoms with Gasteiger partial charge in [0.2, 0.25) is 0 Å². The zero-order valence-electron chi connectivity index (χ0n) is 15.9. The molecule has 2 atom stereocenters. The third-order valence-electron chi connectivity index (χ3n) is 5.09. The van der Waals surface area contributed by atoms with Gasteiger partial charge in [0, 0.05) is 17.9 Å². The summed E-state index contributed by atoms with van der Waals surface area (Å²) in [5.74, 6) is 0.882. The number of halogens is 1. The van der Waals surface area contributed by atoms with Crippen LogP contribution >= 0.6 is 0 Å². The topological polar surface area (TPSA) is 25.8 Å². The number of ether oxygens (including phenoxy) is 1. The lowest BCUT2D eigenvalue weighted by Crippen LogP contribution is -2.84. The second-order valence-corrected chi connectivity index (χ2v) is 6.89. The van der Waals surface area contributed by atoms with E-state index in [1.807, 2.05) is 30.3 Å². The molecular weight excluding hydrogens is 337 g/mol. The standard InChI is InChI=1S/C24H26FNO/c1-18(19-6-4-3-5-7-19)26-17-16-24(20-8-12-22(25)13-9-20)21-10-14-23(27-2)15-11-21/h3-15,18,24,26H,16-17H2,1-2H3/p+1/t18-,24-/m0/s1. The average Bonchev–Trinajstić information content (AvgIpc) is 2.73. The van der Waals surface area contributed by atoms with E-state index in [2.05, 4.69) is 48.6 Å². The molecular formula is C24H27FNO+. The number of methoxy groups -OCH3 is 1. The molecule has 3 aromatic carbocycles. The van der Waals surface area contributed by atoms with Crippen molar-refractivity contribution in [1.82, 2.24) is 0 Å².